The van der Waals surface area contributed by atoms with Gasteiger partial charge in [0, 0.05) is 5.41 Å². The Morgan fingerprint density at radius 2 is 1.88 bits per heavy atom. The van der Waals surface area contributed by atoms with Crippen LogP contribution in [-0.4, -0.2) is 11.0 Å². The Labute approximate surface area is 112 Å². The summed E-state index contributed by atoms with van der Waals surface area (Å²) in [7, 11) is 0. The van der Waals surface area contributed by atoms with Gasteiger partial charge in [-0.05, 0) is 24.4 Å². The summed E-state index contributed by atoms with van der Waals surface area (Å²) in [5.74, 6) is -0.137. The molecule has 0 atom stereocenters. The van der Waals surface area contributed by atoms with E-state index in [4.69, 9.17) is 23.8 Å². The zero-order chi connectivity index (χ0) is 13.1. The van der Waals surface area contributed by atoms with Gasteiger partial charge in [0.2, 0.25) is 5.91 Å². The summed E-state index contributed by atoms with van der Waals surface area (Å²) >= 11 is 11.0. The number of halogens is 1. The number of anilines is 1. The largest absolute Gasteiger partial charge is 0.331 e. The first-order valence-electron chi connectivity index (χ1n) is 5.17. The van der Waals surface area contributed by atoms with Crippen LogP contribution in [0, 0.1) is 5.41 Å². The van der Waals surface area contributed by atoms with Crippen LogP contribution in [0.3, 0.4) is 0 Å². The molecule has 3 nitrogen and oxygen atoms in total. The fraction of sp³-hybridized carbons (Fsp3) is 0.333. The minimum atomic E-state index is -0.480. The molecule has 17 heavy (non-hydrogen) atoms. The van der Waals surface area contributed by atoms with Crippen molar-refractivity contribution in [1.82, 2.24) is 5.32 Å². The summed E-state index contributed by atoms with van der Waals surface area (Å²) in [6.07, 6.45) is 0. The molecule has 0 radical (unpaired) electrons. The van der Waals surface area contributed by atoms with Gasteiger partial charge < -0.3 is 10.6 Å². The molecule has 92 valence electrons. The van der Waals surface area contributed by atoms with Crippen LogP contribution in [0.5, 0.6) is 0 Å². The van der Waals surface area contributed by atoms with Gasteiger partial charge in [-0.1, -0.05) is 44.5 Å². The molecule has 0 heterocycles. The monoisotopic (exact) mass is 270 g/mol. The van der Waals surface area contributed by atoms with Gasteiger partial charge >= 0.3 is 0 Å². The van der Waals surface area contributed by atoms with Crippen molar-refractivity contribution in [1.29, 1.82) is 0 Å². The molecule has 0 saturated carbocycles. The summed E-state index contributed by atoms with van der Waals surface area (Å²) in [5, 5.41) is 6.30. The molecular formula is C12H15ClN2OS. The predicted octanol–water partition coefficient (Wildman–Crippen LogP) is 3.20. The highest BCUT2D eigenvalue weighted by Gasteiger charge is 2.22. The Hall–Kier alpha value is -1.13. The zero-order valence-corrected chi connectivity index (χ0v) is 11.6. The first-order valence-corrected chi connectivity index (χ1v) is 5.96. The van der Waals surface area contributed by atoms with E-state index in [2.05, 4.69) is 10.6 Å². The quantitative estimate of drug-likeness (QED) is 0.770. The molecule has 0 fully saturated rings. The third-order valence-electron chi connectivity index (χ3n) is 2.03. The van der Waals surface area contributed by atoms with Crippen LogP contribution in [0.1, 0.15) is 20.8 Å². The van der Waals surface area contributed by atoms with E-state index in [1.807, 2.05) is 32.9 Å². The fourth-order valence-electron chi connectivity index (χ4n) is 1.01. The van der Waals surface area contributed by atoms with Crippen molar-refractivity contribution >= 4 is 40.5 Å². The first-order chi connectivity index (χ1) is 7.80. The standard InChI is InChI=1S/C12H15ClN2OS/c1-12(2,3)10(16)15-11(17)14-9-7-5-4-6-8(9)13/h4-7H,1-3H3,(H2,14,15,16,17). The van der Waals surface area contributed by atoms with Gasteiger partial charge in [-0.3, -0.25) is 4.79 Å². The molecule has 0 unspecified atom stereocenters. The van der Waals surface area contributed by atoms with Gasteiger partial charge in [0.1, 0.15) is 0 Å². The maximum atomic E-state index is 11.7. The highest BCUT2D eigenvalue weighted by atomic mass is 35.5. The van der Waals surface area contributed by atoms with Crippen molar-refractivity contribution < 1.29 is 4.79 Å². The van der Waals surface area contributed by atoms with Crippen LogP contribution in [0.15, 0.2) is 24.3 Å². The van der Waals surface area contributed by atoms with E-state index >= 15 is 0 Å². The van der Waals surface area contributed by atoms with Gasteiger partial charge in [0.15, 0.2) is 5.11 Å². The van der Waals surface area contributed by atoms with Gasteiger partial charge in [0.25, 0.3) is 0 Å². The van der Waals surface area contributed by atoms with E-state index in [0.717, 1.165) is 0 Å². The fourth-order valence-corrected chi connectivity index (χ4v) is 1.39. The van der Waals surface area contributed by atoms with E-state index in [-0.39, 0.29) is 11.0 Å². The molecule has 0 bridgehead atoms. The third-order valence-corrected chi connectivity index (χ3v) is 2.56. The minimum absolute atomic E-state index is 0.137. The number of para-hydroxylation sites is 1. The number of rotatable bonds is 1. The molecule has 1 aromatic carbocycles. The van der Waals surface area contributed by atoms with E-state index in [9.17, 15) is 4.79 Å². The highest BCUT2D eigenvalue weighted by Crippen LogP contribution is 2.20. The molecule has 0 saturated heterocycles. The lowest BCUT2D eigenvalue weighted by Crippen LogP contribution is -2.41. The van der Waals surface area contributed by atoms with Crippen molar-refractivity contribution in [3.8, 4) is 0 Å². The minimum Gasteiger partial charge on any atom is -0.331 e. The molecule has 0 aliphatic heterocycles. The van der Waals surface area contributed by atoms with E-state index < -0.39 is 5.41 Å². The molecule has 1 aromatic rings. The van der Waals surface area contributed by atoms with Gasteiger partial charge in [0.05, 0.1) is 10.7 Å². The topological polar surface area (TPSA) is 41.1 Å². The second kappa shape index (κ2) is 5.47. The number of hydrogen-bond acceptors (Lipinski definition) is 2. The Balaban J connectivity index is 2.63. The molecule has 5 heteroatoms. The van der Waals surface area contributed by atoms with Crippen molar-refractivity contribution in [3.05, 3.63) is 29.3 Å². The first kappa shape index (κ1) is 13.9. The average molecular weight is 271 g/mol. The second-order valence-electron chi connectivity index (χ2n) is 4.64. The number of thiocarbonyl (C=S) groups is 1. The van der Waals surface area contributed by atoms with Crippen LogP contribution < -0.4 is 10.6 Å². The Bertz CT molecular complexity index is 440. The lowest BCUT2D eigenvalue weighted by atomic mass is 9.96. The summed E-state index contributed by atoms with van der Waals surface area (Å²) in [6, 6.07) is 7.20. The van der Waals surface area contributed by atoms with Crippen LogP contribution in [0.4, 0.5) is 5.69 Å². The Morgan fingerprint density at radius 1 is 1.29 bits per heavy atom. The molecule has 0 aliphatic carbocycles. The summed E-state index contributed by atoms with van der Waals surface area (Å²) in [5.41, 5.74) is 0.194. The number of nitrogens with one attached hydrogen (secondary N) is 2. The molecule has 0 aliphatic rings. The van der Waals surface area contributed by atoms with Crippen LogP contribution >= 0.6 is 23.8 Å². The maximum Gasteiger partial charge on any atom is 0.231 e. The lowest BCUT2D eigenvalue weighted by Gasteiger charge is -2.18. The Kier molecular flexibility index (Phi) is 4.48. The second-order valence-corrected chi connectivity index (χ2v) is 5.45. The number of hydrogen-bond donors (Lipinski definition) is 2. The average Bonchev–Trinajstić information content (AvgIpc) is 2.20. The Morgan fingerprint density at radius 3 is 2.41 bits per heavy atom. The summed E-state index contributed by atoms with van der Waals surface area (Å²) < 4.78 is 0. The molecule has 0 spiro atoms. The molecule has 0 aromatic heterocycles. The van der Waals surface area contributed by atoms with Crippen molar-refractivity contribution in [2.45, 2.75) is 20.8 Å². The predicted molar refractivity (Wildman–Crippen MR) is 75.3 cm³/mol. The third kappa shape index (κ3) is 4.32. The number of amides is 1. The van der Waals surface area contributed by atoms with Crippen LogP contribution in [0.2, 0.25) is 5.02 Å². The number of carbonyl (C=O) groups excluding carboxylic acids is 1. The molecule has 2 N–H and O–H groups in total. The van der Waals surface area contributed by atoms with Gasteiger partial charge in [-0.25, -0.2) is 0 Å². The van der Waals surface area contributed by atoms with E-state index in [1.54, 1.807) is 12.1 Å². The normalized spacial score (nSPS) is 10.8. The van der Waals surface area contributed by atoms with Crippen molar-refractivity contribution in [2.75, 3.05) is 5.32 Å². The zero-order valence-electron chi connectivity index (χ0n) is 10.0. The van der Waals surface area contributed by atoms with Gasteiger partial charge in [-0.15, -0.1) is 0 Å². The molecular weight excluding hydrogens is 256 g/mol. The van der Waals surface area contributed by atoms with Gasteiger partial charge in [-0.2, -0.15) is 0 Å². The van der Waals surface area contributed by atoms with Crippen molar-refractivity contribution in [3.63, 3.8) is 0 Å². The molecule has 1 rings (SSSR count). The maximum absolute atomic E-state index is 11.7. The van der Waals surface area contributed by atoms with Crippen LogP contribution in [0.25, 0.3) is 0 Å². The van der Waals surface area contributed by atoms with Crippen LogP contribution in [-0.2, 0) is 4.79 Å². The van der Waals surface area contributed by atoms with Crippen molar-refractivity contribution in [2.24, 2.45) is 5.41 Å². The molecule has 1 amide bonds. The lowest BCUT2D eigenvalue weighted by molar-refractivity contribution is -0.126. The SMILES string of the molecule is CC(C)(C)C(=O)NC(=S)Nc1ccccc1Cl. The summed E-state index contributed by atoms with van der Waals surface area (Å²) in [4.78, 5) is 11.7. The highest BCUT2D eigenvalue weighted by molar-refractivity contribution is 7.80. The number of carbonyl (C=O) groups is 1. The summed E-state index contributed by atoms with van der Waals surface area (Å²) in [6.45, 7) is 5.46. The van der Waals surface area contributed by atoms with E-state index in [1.165, 1.54) is 0 Å². The smallest absolute Gasteiger partial charge is 0.231 e. The number of benzene rings is 1. The van der Waals surface area contributed by atoms with E-state index in [0.29, 0.717) is 10.7 Å².